The van der Waals surface area contributed by atoms with Gasteiger partial charge in [0.15, 0.2) is 0 Å². The van der Waals surface area contributed by atoms with E-state index in [1.807, 2.05) is 27.7 Å². The molecule has 0 spiro atoms. The minimum Gasteiger partial charge on any atom is -0.444 e. The number of hydrogen-bond donors (Lipinski definition) is 1. The molecule has 1 saturated heterocycles. The van der Waals surface area contributed by atoms with Crippen molar-refractivity contribution in [3.63, 3.8) is 0 Å². The molecule has 1 heterocycles. The Morgan fingerprint density at radius 3 is 2.33 bits per heavy atom. The first-order chi connectivity index (χ1) is 8.20. The minimum atomic E-state index is -0.494. The molecule has 0 bridgehead atoms. The maximum atomic E-state index is 12.0. The van der Waals surface area contributed by atoms with Crippen LogP contribution in [-0.4, -0.2) is 35.1 Å². The van der Waals surface area contributed by atoms with Gasteiger partial charge in [-0.2, -0.15) is 0 Å². The zero-order chi connectivity index (χ0) is 13.9. The molecule has 2 amide bonds. The average molecular weight is 256 g/mol. The third-order valence-electron chi connectivity index (χ3n) is 3.21. The van der Waals surface area contributed by atoms with E-state index in [1.165, 1.54) is 0 Å². The third kappa shape index (κ3) is 4.20. The fourth-order valence-electron chi connectivity index (χ4n) is 2.13. The second-order valence-electron chi connectivity index (χ2n) is 5.99. The SMILES string of the molecule is CC1CCC(C(N)=O)CCN1C(=O)OC(C)(C)C. The topological polar surface area (TPSA) is 72.6 Å². The molecule has 5 heteroatoms. The third-order valence-corrected chi connectivity index (χ3v) is 3.21. The maximum Gasteiger partial charge on any atom is 0.410 e. The van der Waals surface area contributed by atoms with Crippen molar-refractivity contribution in [3.8, 4) is 0 Å². The number of carbonyl (C=O) groups excluding carboxylic acids is 2. The highest BCUT2D eigenvalue weighted by Crippen LogP contribution is 2.23. The van der Waals surface area contributed by atoms with Crippen molar-refractivity contribution in [2.24, 2.45) is 11.7 Å². The van der Waals surface area contributed by atoms with E-state index < -0.39 is 5.60 Å². The largest absolute Gasteiger partial charge is 0.444 e. The monoisotopic (exact) mass is 256 g/mol. The lowest BCUT2D eigenvalue weighted by Crippen LogP contribution is -2.42. The highest BCUT2D eigenvalue weighted by atomic mass is 16.6. The van der Waals surface area contributed by atoms with Crippen molar-refractivity contribution in [3.05, 3.63) is 0 Å². The Morgan fingerprint density at radius 1 is 1.22 bits per heavy atom. The van der Waals surface area contributed by atoms with Gasteiger partial charge in [0.1, 0.15) is 5.60 Å². The maximum absolute atomic E-state index is 12.0. The predicted molar refractivity (Wildman–Crippen MR) is 68.9 cm³/mol. The molecule has 1 fully saturated rings. The average Bonchev–Trinajstić information content (AvgIpc) is 2.37. The number of primary amides is 1. The number of rotatable bonds is 1. The summed E-state index contributed by atoms with van der Waals surface area (Å²) in [5.41, 5.74) is 4.84. The van der Waals surface area contributed by atoms with Crippen molar-refractivity contribution in [1.82, 2.24) is 4.90 Å². The van der Waals surface area contributed by atoms with Gasteiger partial charge in [-0.1, -0.05) is 0 Å². The molecule has 0 aliphatic carbocycles. The Labute approximate surface area is 109 Å². The fraction of sp³-hybridized carbons (Fsp3) is 0.846. The molecule has 1 aliphatic heterocycles. The summed E-state index contributed by atoms with van der Waals surface area (Å²) in [5, 5.41) is 0. The second-order valence-corrected chi connectivity index (χ2v) is 5.99. The van der Waals surface area contributed by atoms with Crippen LogP contribution in [0.3, 0.4) is 0 Å². The van der Waals surface area contributed by atoms with Crippen LogP contribution in [-0.2, 0) is 9.53 Å². The highest BCUT2D eigenvalue weighted by Gasteiger charge is 2.30. The van der Waals surface area contributed by atoms with Gasteiger partial charge in [-0.15, -0.1) is 0 Å². The summed E-state index contributed by atoms with van der Waals surface area (Å²) in [5.74, 6) is -0.395. The Bertz CT molecular complexity index is 323. The molecule has 1 rings (SSSR count). The van der Waals surface area contributed by atoms with Gasteiger partial charge in [0.25, 0.3) is 0 Å². The van der Waals surface area contributed by atoms with E-state index in [1.54, 1.807) is 4.90 Å². The van der Waals surface area contributed by atoms with Crippen molar-refractivity contribution in [2.75, 3.05) is 6.54 Å². The summed E-state index contributed by atoms with van der Waals surface area (Å²) in [6, 6.07) is 0.0872. The van der Waals surface area contributed by atoms with E-state index in [-0.39, 0.29) is 24.0 Å². The van der Waals surface area contributed by atoms with E-state index in [2.05, 4.69) is 0 Å². The number of hydrogen-bond acceptors (Lipinski definition) is 3. The van der Waals surface area contributed by atoms with Gasteiger partial charge in [0.2, 0.25) is 5.91 Å². The van der Waals surface area contributed by atoms with E-state index in [4.69, 9.17) is 10.5 Å². The zero-order valence-electron chi connectivity index (χ0n) is 11.7. The zero-order valence-corrected chi connectivity index (χ0v) is 11.7. The lowest BCUT2D eigenvalue weighted by molar-refractivity contribution is -0.122. The molecule has 1 aliphatic rings. The van der Waals surface area contributed by atoms with E-state index >= 15 is 0 Å². The van der Waals surface area contributed by atoms with Crippen LogP contribution in [0, 0.1) is 5.92 Å². The van der Waals surface area contributed by atoms with Crippen LogP contribution in [0.1, 0.15) is 47.0 Å². The Morgan fingerprint density at radius 2 is 1.83 bits per heavy atom. The summed E-state index contributed by atoms with van der Waals surface area (Å²) in [6.07, 6.45) is 1.85. The molecule has 0 aromatic rings. The van der Waals surface area contributed by atoms with Gasteiger partial charge in [-0.25, -0.2) is 4.79 Å². The number of amides is 2. The van der Waals surface area contributed by atoms with Crippen LogP contribution >= 0.6 is 0 Å². The molecule has 5 nitrogen and oxygen atoms in total. The van der Waals surface area contributed by atoms with Gasteiger partial charge >= 0.3 is 6.09 Å². The number of carbonyl (C=O) groups is 2. The molecule has 0 radical (unpaired) electrons. The summed E-state index contributed by atoms with van der Waals surface area (Å²) >= 11 is 0. The molecule has 2 unspecified atom stereocenters. The second kappa shape index (κ2) is 5.59. The Kier molecular flexibility index (Phi) is 4.59. The molecule has 0 aromatic carbocycles. The first kappa shape index (κ1) is 14.8. The summed E-state index contributed by atoms with van der Waals surface area (Å²) in [7, 11) is 0. The van der Waals surface area contributed by atoms with Gasteiger partial charge in [0, 0.05) is 18.5 Å². The smallest absolute Gasteiger partial charge is 0.410 e. The highest BCUT2D eigenvalue weighted by molar-refractivity contribution is 5.77. The predicted octanol–water partition coefficient (Wildman–Crippen LogP) is 1.90. The summed E-state index contributed by atoms with van der Waals surface area (Å²) in [6.45, 7) is 8.05. The first-order valence-electron chi connectivity index (χ1n) is 6.49. The molecular formula is C13H24N2O3. The summed E-state index contributed by atoms with van der Waals surface area (Å²) in [4.78, 5) is 25.0. The normalized spacial score (nSPS) is 25.4. The molecule has 0 aromatic heterocycles. The van der Waals surface area contributed by atoms with Gasteiger partial charge in [-0.3, -0.25) is 4.79 Å². The molecule has 18 heavy (non-hydrogen) atoms. The minimum absolute atomic E-state index is 0.0872. The lowest BCUT2D eigenvalue weighted by atomic mass is 9.99. The van der Waals surface area contributed by atoms with Crippen LogP contribution < -0.4 is 5.73 Å². The van der Waals surface area contributed by atoms with Crippen LogP contribution in [0.5, 0.6) is 0 Å². The lowest BCUT2D eigenvalue weighted by Gasteiger charge is -2.30. The van der Waals surface area contributed by atoms with Crippen molar-refractivity contribution in [1.29, 1.82) is 0 Å². The number of nitrogens with two attached hydrogens (primary N) is 1. The number of likely N-dealkylation sites (tertiary alicyclic amines) is 1. The first-order valence-corrected chi connectivity index (χ1v) is 6.49. The van der Waals surface area contributed by atoms with Crippen LogP contribution in [0.15, 0.2) is 0 Å². The summed E-state index contributed by atoms with van der Waals surface area (Å²) < 4.78 is 5.37. The molecule has 2 N–H and O–H groups in total. The Balaban J connectivity index is 2.65. The van der Waals surface area contributed by atoms with Crippen LogP contribution in [0.4, 0.5) is 4.79 Å². The molecule has 0 saturated carbocycles. The molecular weight excluding hydrogens is 232 g/mol. The van der Waals surface area contributed by atoms with E-state index in [0.29, 0.717) is 13.0 Å². The van der Waals surface area contributed by atoms with E-state index in [9.17, 15) is 9.59 Å². The van der Waals surface area contributed by atoms with E-state index in [0.717, 1.165) is 12.8 Å². The van der Waals surface area contributed by atoms with Gasteiger partial charge < -0.3 is 15.4 Å². The fourth-order valence-corrected chi connectivity index (χ4v) is 2.13. The number of nitrogens with zero attached hydrogens (tertiary/aromatic N) is 1. The molecule has 2 atom stereocenters. The standard InChI is InChI=1S/C13H24N2O3/c1-9-5-6-10(11(14)16)7-8-15(9)12(17)18-13(2,3)4/h9-10H,5-8H2,1-4H3,(H2,14,16). The van der Waals surface area contributed by atoms with Crippen molar-refractivity contribution < 1.29 is 14.3 Å². The van der Waals surface area contributed by atoms with Gasteiger partial charge in [0.05, 0.1) is 0 Å². The number of ether oxygens (including phenoxy) is 1. The quantitative estimate of drug-likeness (QED) is 0.778. The van der Waals surface area contributed by atoms with Gasteiger partial charge in [-0.05, 0) is 47.0 Å². The molecule has 104 valence electrons. The van der Waals surface area contributed by atoms with Crippen LogP contribution in [0.25, 0.3) is 0 Å². The Hall–Kier alpha value is -1.26. The van der Waals surface area contributed by atoms with Crippen molar-refractivity contribution in [2.45, 2.75) is 58.6 Å². The van der Waals surface area contributed by atoms with Crippen LogP contribution in [0.2, 0.25) is 0 Å². The van der Waals surface area contributed by atoms with Crippen molar-refractivity contribution >= 4 is 12.0 Å².